The molecule has 0 radical (unpaired) electrons. The van der Waals surface area contributed by atoms with Crippen molar-refractivity contribution in [3.8, 4) is 0 Å². The van der Waals surface area contributed by atoms with Crippen LogP contribution in [0.5, 0.6) is 0 Å². The maximum atomic E-state index is 11.7. The van der Waals surface area contributed by atoms with Gasteiger partial charge in [0.2, 0.25) is 0 Å². The van der Waals surface area contributed by atoms with E-state index in [1.807, 2.05) is 0 Å². The van der Waals surface area contributed by atoms with Crippen LogP contribution in [0.25, 0.3) is 0 Å². The maximum Gasteiger partial charge on any atom is 0.321 e. The minimum atomic E-state index is -0.407. The number of ether oxygens (including phenoxy) is 1. The number of hydrogen-bond acceptors (Lipinski definition) is 3. The number of methoxy groups -OCH3 is 1. The van der Waals surface area contributed by atoms with E-state index in [1.54, 1.807) is 7.11 Å². The molecule has 0 aromatic heterocycles. The number of hydrogen-bond donors (Lipinski definition) is 3. The molecule has 110 valence electrons. The molecule has 0 saturated carbocycles. The van der Waals surface area contributed by atoms with Gasteiger partial charge in [-0.05, 0) is 32.1 Å². The van der Waals surface area contributed by atoms with Gasteiger partial charge in [0.1, 0.15) is 0 Å². The fourth-order valence-electron chi connectivity index (χ4n) is 2.27. The van der Waals surface area contributed by atoms with Crippen molar-refractivity contribution in [2.24, 2.45) is 0 Å². The first-order valence-electron chi connectivity index (χ1n) is 7.12. The molecule has 1 saturated heterocycles. The summed E-state index contributed by atoms with van der Waals surface area (Å²) in [6.45, 7) is 3.58. The summed E-state index contributed by atoms with van der Waals surface area (Å²) in [5.74, 6) is -0.193. The standard InChI is InChI=1S/C13H25N3O3/c1-19-10-6-7-14-13(18)15-12(17)11-16-8-4-2-3-5-9-16/h2-11H2,1H3,(H2,14,15,17,18)/p+1. The van der Waals surface area contributed by atoms with E-state index in [2.05, 4.69) is 10.6 Å². The quantitative estimate of drug-likeness (QED) is 0.560. The topological polar surface area (TPSA) is 71.9 Å². The lowest BCUT2D eigenvalue weighted by Gasteiger charge is -2.16. The van der Waals surface area contributed by atoms with Gasteiger partial charge in [-0.3, -0.25) is 10.1 Å². The molecule has 3 amide bonds. The highest BCUT2D eigenvalue weighted by atomic mass is 16.5. The molecular weight excluding hydrogens is 246 g/mol. The number of nitrogens with one attached hydrogen (secondary N) is 3. The fraction of sp³-hybridized carbons (Fsp3) is 0.846. The minimum absolute atomic E-state index is 0.193. The molecule has 0 unspecified atom stereocenters. The lowest BCUT2D eigenvalue weighted by molar-refractivity contribution is -0.891. The Balaban J connectivity index is 2.13. The smallest absolute Gasteiger partial charge is 0.321 e. The van der Waals surface area contributed by atoms with Crippen LogP contribution < -0.4 is 15.5 Å². The number of urea groups is 1. The van der Waals surface area contributed by atoms with Crippen molar-refractivity contribution in [3.05, 3.63) is 0 Å². The van der Waals surface area contributed by atoms with Gasteiger partial charge >= 0.3 is 6.03 Å². The maximum absolute atomic E-state index is 11.7. The van der Waals surface area contributed by atoms with Crippen molar-refractivity contribution < 1.29 is 19.2 Å². The van der Waals surface area contributed by atoms with E-state index in [9.17, 15) is 9.59 Å². The molecule has 0 atom stereocenters. The summed E-state index contributed by atoms with van der Waals surface area (Å²) in [7, 11) is 1.62. The van der Waals surface area contributed by atoms with E-state index in [-0.39, 0.29) is 5.91 Å². The van der Waals surface area contributed by atoms with E-state index in [0.29, 0.717) is 19.7 Å². The van der Waals surface area contributed by atoms with Crippen molar-refractivity contribution in [1.82, 2.24) is 10.6 Å². The molecule has 1 aliphatic heterocycles. The van der Waals surface area contributed by atoms with Crippen molar-refractivity contribution >= 4 is 11.9 Å². The molecule has 6 nitrogen and oxygen atoms in total. The molecular formula is C13H26N3O3+. The molecule has 1 aliphatic rings. The molecule has 1 fully saturated rings. The molecule has 0 spiro atoms. The number of amides is 3. The van der Waals surface area contributed by atoms with Crippen LogP contribution in [0.1, 0.15) is 32.1 Å². The van der Waals surface area contributed by atoms with Crippen LogP contribution >= 0.6 is 0 Å². The first-order chi connectivity index (χ1) is 9.22. The summed E-state index contributed by atoms with van der Waals surface area (Å²) in [5.41, 5.74) is 0. The number of carbonyl (C=O) groups excluding carboxylic acids is 2. The average molecular weight is 272 g/mol. The lowest BCUT2D eigenvalue weighted by atomic mass is 10.2. The van der Waals surface area contributed by atoms with E-state index >= 15 is 0 Å². The molecule has 6 heteroatoms. The third-order valence-corrected chi connectivity index (χ3v) is 3.28. The predicted molar refractivity (Wildman–Crippen MR) is 72.1 cm³/mol. The lowest BCUT2D eigenvalue weighted by Crippen LogP contribution is -3.13. The van der Waals surface area contributed by atoms with Crippen LogP contribution in [0.15, 0.2) is 0 Å². The van der Waals surface area contributed by atoms with E-state index in [0.717, 1.165) is 19.5 Å². The van der Waals surface area contributed by atoms with Crippen LogP contribution in [0, 0.1) is 0 Å². The Morgan fingerprint density at radius 1 is 1.16 bits per heavy atom. The summed E-state index contributed by atoms with van der Waals surface area (Å²) in [5, 5.41) is 5.01. The van der Waals surface area contributed by atoms with E-state index in [4.69, 9.17) is 4.74 Å². The highest BCUT2D eigenvalue weighted by Gasteiger charge is 2.17. The van der Waals surface area contributed by atoms with Gasteiger partial charge in [-0.1, -0.05) is 0 Å². The summed E-state index contributed by atoms with van der Waals surface area (Å²) in [4.78, 5) is 24.4. The van der Waals surface area contributed by atoms with Crippen molar-refractivity contribution in [2.45, 2.75) is 32.1 Å². The zero-order chi connectivity index (χ0) is 13.9. The molecule has 0 aliphatic carbocycles. The third-order valence-electron chi connectivity index (χ3n) is 3.28. The Morgan fingerprint density at radius 3 is 2.47 bits per heavy atom. The van der Waals surface area contributed by atoms with Gasteiger partial charge in [-0.25, -0.2) is 4.79 Å². The summed E-state index contributed by atoms with van der Waals surface area (Å²) in [6, 6.07) is -0.407. The van der Waals surface area contributed by atoms with Gasteiger partial charge in [0.05, 0.1) is 13.1 Å². The third kappa shape index (κ3) is 7.79. The number of rotatable bonds is 6. The highest BCUT2D eigenvalue weighted by molar-refractivity contribution is 5.94. The Morgan fingerprint density at radius 2 is 1.84 bits per heavy atom. The number of carbonyl (C=O) groups is 2. The Labute approximate surface area is 114 Å². The monoisotopic (exact) mass is 272 g/mol. The first kappa shape index (κ1) is 15.9. The summed E-state index contributed by atoms with van der Waals surface area (Å²) in [6.07, 6.45) is 5.60. The van der Waals surface area contributed by atoms with E-state index in [1.165, 1.54) is 30.6 Å². The molecule has 19 heavy (non-hydrogen) atoms. The molecule has 1 rings (SSSR count). The van der Waals surface area contributed by atoms with Crippen LogP contribution in [-0.4, -0.2) is 51.8 Å². The molecule has 1 heterocycles. The number of likely N-dealkylation sites (tertiary alicyclic amines) is 1. The second kappa shape index (κ2) is 9.75. The Bertz CT molecular complexity index is 276. The molecule has 0 aromatic carbocycles. The normalized spacial score (nSPS) is 16.7. The first-order valence-corrected chi connectivity index (χ1v) is 7.12. The SMILES string of the molecule is COCCCNC(=O)NC(=O)C[NH+]1CCCCCC1. The predicted octanol–water partition coefficient (Wildman–Crippen LogP) is -0.692. The second-order valence-electron chi connectivity index (χ2n) is 4.99. The second-order valence-corrected chi connectivity index (χ2v) is 4.99. The van der Waals surface area contributed by atoms with Gasteiger partial charge in [-0.15, -0.1) is 0 Å². The van der Waals surface area contributed by atoms with Gasteiger partial charge in [0, 0.05) is 20.3 Å². The van der Waals surface area contributed by atoms with Crippen molar-refractivity contribution in [3.63, 3.8) is 0 Å². The fourth-order valence-corrected chi connectivity index (χ4v) is 2.27. The highest BCUT2D eigenvalue weighted by Crippen LogP contribution is 1.98. The molecule has 0 aromatic rings. The molecule has 0 bridgehead atoms. The largest absolute Gasteiger partial charge is 0.385 e. The zero-order valence-corrected chi connectivity index (χ0v) is 11.8. The minimum Gasteiger partial charge on any atom is -0.385 e. The van der Waals surface area contributed by atoms with Gasteiger partial charge in [-0.2, -0.15) is 0 Å². The zero-order valence-electron chi connectivity index (χ0n) is 11.8. The summed E-state index contributed by atoms with van der Waals surface area (Å²) >= 11 is 0. The molecule has 3 N–H and O–H groups in total. The van der Waals surface area contributed by atoms with Crippen LogP contribution in [0.3, 0.4) is 0 Å². The Hall–Kier alpha value is -1.14. The van der Waals surface area contributed by atoms with Gasteiger partial charge < -0.3 is 15.0 Å². The van der Waals surface area contributed by atoms with E-state index < -0.39 is 6.03 Å². The van der Waals surface area contributed by atoms with Gasteiger partial charge in [0.15, 0.2) is 6.54 Å². The van der Waals surface area contributed by atoms with Crippen molar-refractivity contribution in [1.29, 1.82) is 0 Å². The Kier molecular flexibility index (Phi) is 8.16. The van der Waals surface area contributed by atoms with Crippen LogP contribution in [0.4, 0.5) is 4.79 Å². The summed E-state index contributed by atoms with van der Waals surface area (Å²) < 4.78 is 4.88. The number of imide groups is 1. The van der Waals surface area contributed by atoms with Crippen LogP contribution in [-0.2, 0) is 9.53 Å². The van der Waals surface area contributed by atoms with Crippen LogP contribution in [0.2, 0.25) is 0 Å². The number of quaternary nitrogens is 1. The van der Waals surface area contributed by atoms with Crippen molar-refractivity contribution in [2.75, 3.05) is 39.9 Å². The van der Waals surface area contributed by atoms with Gasteiger partial charge in [0.25, 0.3) is 5.91 Å². The average Bonchev–Trinajstić information content (AvgIpc) is 2.63.